The van der Waals surface area contributed by atoms with Crippen LogP contribution in [-0.4, -0.2) is 25.0 Å². The maximum Gasteiger partial charge on any atom is 0.224 e. The molecule has 0 aliphatic carbocycles. The summed E-state index contributed by atoms with van der Waals surface area (Å²) in [5.41, 5.74) is 5.77. The number of anilines is 3. The van der Waals surface area contributed by atoms with Gasteiger partial charge in [-0.15, -0.1) is 0 Å². The van der Waals surface area contributed by atoms with Gasteiger partial charge in [0, 0.05) is 37.0 Å². The van der Waals surface area contributed by atoms with Crippen LogP contribution in [0.3, 0.4) is 0 Å². The molecule has 0 saturated carbocycles. The quantitative estimate of drug-likeness (QED) is 0.537. The van der Waals surface area contributed by atoms with Gasteiger partial charge in [-0.2, -0.15) is 0 Å². The maximum atomic E-state index is 12.5. The van der Waals surface area contributed by atoms with Gasteiger partial charge in [0.1, 0.15) is 5.75 Å². The van der Waals surface area contributed by atoms with Crippen LogP contribution in [0, 0.1) is 0 Å². The molecular weight excluding hydrogens is 414 g/mol. The average Bonchev–Trinajstić information content (AvgIpc) is 2.79. The van der Waals surface area contributed by atoms with Crippen molar-refractivity contribution in [2.24, 2.45) is 0 Å². The highest BCUT2D eigenvalue weighted by Crippen LogP contribution is 2.41. The zero-order valence-corrected chi connectivity index (χ0v) is 19.4. The summed E-state index contributed by atoms with van der Waals surface area (Å²) in [5.74, 6) is 0.738. The molecule has 3 aromatic rings. The third kappa shape index (κ3) is 4.85. The van der Waals surface area contributed by atoms with Crippen LogP contribution in [0.1, 0.15) is 38.8 Å². The first kappa shape index (κ1) is 22.4. The van der Waals surface area contributed by atoms with Gasteiger partial charge in [0.15, 0.2) is 0 Å². The molecule has 6 nitrogen and oxygen atoms in total. The van der Waals surface area contributed by atoms with Crippen molar-refractivity contribution in [2.45, 2.75) is 39.3 Å². The van der Waals surface area contributed by atoms with Gasteiger partial charge in [-0.05, 0) is 78.6 Å². The molecule has 2 amide bonds. The van der Waals surface area contributed by atoms with Crippen LogP contribution in [0.15, 0.2) is 66.7 Å². The number of nitrogens with zero attached hydrogens (tertiary/aromatic N) is 1. The van der Waals surface area contributed by atoms with Gasteiger partial charge in [0.2, 0.25) is 11.8 Å². The second kappa shape index (κ2) is 9.36. The number of rotatable bonds is 5. The highest BCUT2D eigenvalue weighted by atomic mass is 16.5. The fraction of sp³-hybridized carbons (Fsp3) is 0.259. The number of hydrogen-bond acceptors (Lipinski definition) is 4. The monoisotopic (exact) mass is 443 g/mol. The highest BCUT2D eigenvalue weighted by molar-refractivity contribution is 5.94. The largest absolute Gasteiger partial charge is 0.497 e. The molecule has 0 spiro atoms. The minimum atomic E-state index is -0.104. The fourth-order valence-electron chi connectivity index (χ4n) is 4.53. The van der Waals surface area contributed by atoms with Gasteiger partial charge < -0.3 is 20.3 Å². The van der Waals surface area contributed by atoms with Crippen LogP contribution in [0.25, 0.3) is 11.1 Å². The van der Waals surface area contributed by atoms with E-state index >= 15 is 0 Å². The molecule has 0 aromatic heterocycles. The van der Waals surface area contributed by atoms with Crippen molar-refractivity contribution >= 4 is 28.9 Å². The lowest BCUT2D eigenvalue weighted by atomic mass is 9.89. The molecule has 33 heavy (non-hydrogen) atoms. The molecule has 1 aliphatic rings. The summed E-state index contributed by atoms with van der Waals surface area (Å²) in [4.78, 5) is 25.8. The number of carbonyl (C=O) groups is 2. The van der Waals surface area contributed by atoms with Crippen molar-refractivity contribution in [1.82, 2.24) is 0 Å². The molecule has 3 aromatic carbocycles. The van der Waals surface area contributed by atoms with Crippen molar-refractivity contribution < 1.29 is 14.3 Å². The molecule has 0 unspecified atom stereocenters. The van der Waals surface area contributed by atoms with Crippen LogP contribution < -0.4 is 20.3 Å². The Kier molecular flexibility index (Phi) is 6.36. The molecule has 6 heteroatoms. The van der Waals surface area contributed by atoms with Gasteiger partial charge in [0.05, 0.1) is 13.2 Å². The second-order valence-electron chi connectivity index (χ2n) is 8.43. The molecule has 2 N–H and O–H groups in total. The summed E-state index contributed by atoms with van der Waals surface area (Å²) in [6, 6.07) is 22.0. The summed E-state index contributed by atoms with van der Waals surface area (Å²) in [7, 11) is 1.65. The summed E-state index contributed by atoms with van der Waals surface area (Å²) >= 11 is 0. The van der Waals surface area contributed by atoms with Crippen molar-refractivity contribution in [3.63, 3.8) is 0 Å². The molecule has 4 rings (SSSR count). The second-order valence-corrected chi connectivity index (χ2v) is 8.43. The van der Waals surface area contributed by atoms with Crippen molar-refractivity contribution in [3.05, 3.63) is 72.3 Å². The summed E-state index contributed by atoms with van der Waals surface area (Å²) in [6.45, 7) is 5.19. The number of ether oxygens (including phenoxy) is 1. The van der Waals surface area contributed by atoms with E-state index in [2.05, 4.69) is 23.6 Å². The van der Waals surface area contributed by atoms with Gasteiger partial charge in [0.25, 0.3) is 0 Å². The molecule has 0 saturated heterocycles. The molecule has 2 atom stereocenters. The number of benzene rings is 3. The minimum absolute atomic E-state index is 0.0343. The van der Waals surface area contributed by atoms with Crippen molar-refractivity contribution in [3.8, 4) is 16.9 Å². The third-order valence-corrected chi connectivity index (χ3v) is 5.97. The number of nitrogens with one attached hydrogen (secondary N) is 2. The molecule has 1 aliphatic heterocycles. The van der Waals surface area contributed by atoms with Crippen LogP contribution in [0.4, 0.5) is 17.1 Å². The fourth-order valence-corrected chi connectivity index (χ4v) is 4.53. The Labute approximate surface area is 194 Å². The predicted molar refractivity (Wildman–Crippen MR) is 133 cm³/mol. The molecule has 1 heterocycles. The summed E-state index contributed by atoms with van der Waals surface area (Å²) in [5, 5.41) is 6.49. The van der Waals surface area contributed by atoms with Gasteiger partial charge in [-0.3, -0.25) is 9.59 Å². The zero-order chi connectivity index (χ0) is 23.5. The lowest BCUT2D eigenvalue weighted by molar-refractivity contribution is -0.117. The van der Waals surface area contributed by atoms with Crippen LogP contribution in [-0.2, 0) is 9.59 Å². The first-order valence-corrected chi connectivity index (χ1v) is 11.1. The summed E-state index contributed by atoms with van der Waals surface area (Å²) in [6.07, 6.45) is 0.786. The Morgan fingerprint density at radius 3 is 2.33 bits per heavy atom. The van der Waals surface area contributed by atoms with E-state index in [4.69, 9.17) is 4.74 Å². The minimum Gasteiger partial charge on any atom is -0.497 e. The lowest BCUT2D eigenvalue weighted by Crippen LogP contribution is -2.43. The van der Waals surface area contributed by atoms with E-state index in [1.807, 2.05) is 65.6 Å². The van der Waals surface area contributed by atoms with E-state index in [9.17, 15) is 9.59 Å². The van der Waals surface area contributed by atoms with Gasteiger partial charge in [-0.25, -0.2) is 0 Å². The molecule has 0 bridgehead atoms. The molecule has 170 valence electrons. The Bertz CT molecular complexity index is 1170. The van der Waals surface area contributed by atoms with Crippen LogP contribution in [0.2, 0.25) is 0 Å². The Morgan fingerprint density at radius 1 is 0.939 bits per heavy atom. The SMILES string of the molecule is COc1ccc(N[C@@H]2C[C@H](C)N(C(C)=O)c3ccc(-c4cccc(NC(C)=O)c4)cc32)cc1. The molecule has 0 radical (unpaired) electrons. The van der Waals surface area contributed by atoms with E-state index in [-0.39, 0.29) is 23.9 Å². The number of methoxy groups -OCH3 is 1. The van der Waals surface area contributed by atoms with E-state index in [0.717, 1.165) is 45.9 Å². The zero-order valence-electron chi connectivity index (χ0n) is 19.4. The average molecular weight is 444 g/mol. The van der Waals surface area contributed by atoms with E-state index < -0.39 is 0 Å². The lowest BCUT2D eigenvalue weighted by Gasteiger charge is -2.39. The van der Waals surface area contributed by atoms with E-state index in [1.54, 1.807) is 14.0 Å². The predicted octanol–water partition coefficient (Wildman–Crippen LogP) is 5.62. The topological polar surface area (TPSA) is 70.7 Å². The van der Waals surface area contributed by atoms with Crippen molar-refractivity contribution in [2.75, 3.05) is 22.6 Å². The number of fused-ring (bicyclic) bond motifs is 1. The smallest absolute Gasteiger partial charge is 0.224 e. The number of carbonyl (C=O) groups excluding carboxylic acids is 2. The molecular formula is C27H29N3O3. The summed E-state index contributed by atoms with van der Waals surface area (Å²) < 4.78 is 5.27. The Balaban J connectivity index is 1.73. The standard InChI is InChI=1S/C27H29N3O3/c1-17-14-26(29-22-9-11-24(33-4)12-10-22)25-16-21(8-13-27(25)30(17)19(3)32)20-6-5-7-23(15-20)28-18(2)31/h5-13,15-17,26,29H,14H2,1-4H3,(H,28,31)/t17-,26+/m0/s1. The first-order chi connectivity index (χ1) is 15.9. The highest BCUT2D eigenvalue weighted by Gasteiger charge is 2.32. The van der Waals surface area contributed by atoms with Crippen LogP contribution in [0.5, 0.6) is 5.75 Å². The number of amides is 2. The van der Waals surface area contributed by atoms with E-state index in [0.29, 0.717) is 0 Å². The maximum absolute atomic E-state index is 12.5. The Morgan fingerprint density at radius 2 is 1.67 bits per heavy atom. The Hall–Kier alpha value is -3.80. The first-order valence-electron chi connectivity index (χ1n) is 11.1. The third-order valence-electron chi connectivity index (χ3n) is 5.97. The number of hydrogen-bond donors (Lipinski definition) is 2. The van der Waals surface area contributed by atoms with Crippen molar-refractivity contribution in [1.29, 1.82) is 0 Å². The normalized spacial score (nSPS) is 17.2. The van der Waals surface area contributed by atoms with Gasteiger partial charge in [-0.1, -0.05) is 18.2 Å². The van der Waals surface area contributed by atoms with Crippen LogP contribution >= 0.6 is 0 Å². The van der Waals surface area contributed by atoms with Gasteiger partial charge >= 0.3 is 0 Å². The molecule has 0 fully saturated rings. The van der Waals surface area contributed by atoms with E-state index in [1.165, 1.54) is 6.92 Å².